The third kappa shape index (κ3) is 1.92. The van der Waals surface area contributed by atoms with Crippen LogP contribution in [0.2, 0.25) is 0 Å². The summed E-state index contributed by atoms with van der Waals surface area (Å²) in [6.45, 7) is 1.96. The molecule has 3 N–H and O–H groups in total. The predicted molar refractivity (Wildman–Crippen MR) is 66.1 cm³/mol. The smallest absolute Gasteiger partial charge is 0.106 e. The Balaban J connectivity index is 2.46. The molecule has 0 bridgehead atoms. The number of hydrogen-bond acceptors (Lipinski definition) is 2. The van der Waals surface area contributed by atoms with Gasteiger partial charge in [-0.25, -0.2) is 0 Å². The molecule has 1 unspecified atom stereocenters. The number of hydrogen-bond donors (Lipinski definition) is 2. The van der Waals surface area contributed by atoms with Crippen LogP contribution in [0.3, 0.4) is 0 Å². The van der Waals surface area contributed by atoms with Crippen molar-refractivity contribution in [2.45, 2.75) is 13.0 Å². The van der Waals surface area contributed by atoms with Crippen LogP contribution >= 0.6 is 0 Å². The van der Waals surface area contributed by atoms with Crippen molar-refractivity contribution in [3.63, 3.8) is 0 Å². The Morgan fingerprint density at radius 1 is 1.00 bits per heavy atom. The second kappa shape index (κ2) is 4.37. The highest BCUT2D eigenvalue weighted by molar-refractivity contribution is 5.54. The summed E-state index contributed by atoms with van der Waals surface area (Å²) in [5, 5.41) is 10.3. The Labute approximate surface area is 95.4 Å². The molecule has 0 saturated carbocycles. The summed E-state index contributed by atoms with van der Waals surface area (Å²) in [4.78, 5) is 0. The summed E-state index contributed by atoms with van der Waals surface area (Å²) in [6.07, 6.45) is -0.651. The van der Waals surface area contributed by atoms with Crippen molar-refractivity contribution in [3.8, 4) is 0 Å². The van der Waals surface area contributed by atoms with Crippen molar-refractivity contribution in [1.29, 1.82) is 0 Å². The Bertz CT molecular complexity index is 459. The molecule has 2 aromatic carbocycles. The van der Waals surface area contributed by atoms with Crippen molar-refractivity contribution in [3.05, 3.63) is 65.2 Å². The van der Waals surface area contributed by atoms with Crippen LogP contribution in [0.4, 0.5) is 5.69 Å². The van der Waals surface area contributed by atoms with Crippen LogP contribution in [0.5, 0.6) is 0 Å². The van der Waals surface area contributed by atoms with E-state index in [9.17, 15) is 5.11 Å². The molecular formula is C14H15NO. The predicted octanol–water partition coefficient (Wildman–Crippen LogP) is 2.66. The van der Waals surface area contributed by atoms with Gasteiger partial charge in [0.15, 0.2) is 0 Å². The molecule has 82 valence electrons. The van der Waals surface area contributed by atoms with Gasteiger partial charge in [-0.1, -0.05) is 42.5 Å². The van der Waals surface area contributed by atoms with E-state index >= 15 is 0 Å². The van der Waals surface area contributed by atoms with E-state index in [-0.39, 0.29) is 0 Å². The number of nitrogens with two attached hydrogens (primary N) is 1. The van der Waals surface area contributed by atoms with Gasteiger partial charge in [-0.3, -0.25) is 0 Å². The fourth-order valence-corrected chi connectivity index (χ4v) is 1.88. The highest BCUT2D eigenvalue weighted by Crippen LogP contribution is 2.29. The third-order valence-corrected chi connectivity index (χ3v) is 2.75. The molecule has 0 radical (unpaired) electrons. The molecule has 0 fully saturated rings. The maximum absolute atomic E-state index is 10.3. The van der Waals surface area contributed by atoms with E-state index in [0.29, 0.717) is 5.69 Å². The summed E-state index contributed by atoms with van der Waals surface area (Å²) in [7, 11) is 0. The highest BCUT2D eigenvalue weighted by Gasteiger charge is 2.14. The lowest BCUT2D eigenvalue weighted by Gasteiger charge is -2.16. The molecule has 0 heterocycles. The van der Waals surface area contributed by atoms with Gasteiger partial charge in [0, 0.05) is 11.3 Å². The Morgan fingerprint density at radius 2 is 1.69 bits per heavy atom. The number of aliphatic hydroxyl groups is 1. The Hall–Kier alpha value is -1.80. The SMILES string of the molecule is Cc1cccc(N)c1C(O)c1ccccc1. The quantitative estimate of drug-likeness (QED) is 0.753. The van der Waals surface area contributed by atoms with Crippen LogP contribution in [0, 0.1) is 6.92 Å². The van der Waals surface area contributed by atoms with E-state index in [1.807, 2.05) is 55.5 Å². The topological polar surface area (TPSA) is 46.2 Å². The maximum Gasteiger partial charge on any atom is 0.106 e. The van der Waals surface area contributed by atoms with Crippen molar-refractivity contribution >= 4 is 5.69 Å². The first kappa shape index (κ1) is 10.7. The summed E-state index contributed by atoms with van der Waals surface area (Å²) in [5.74, 6) is 0. The molecule has 0 aliphatic heterocycles. The van der Waals surface area contributed by atoms with Gasteiger partial charge in [-0.2, -0.15) is 0 Å². The lowest BCUT2D eigenvalue weighted by molar-refractivity contribution is 0.220. The number of benzene rings is 2. The molecular weight excluding hydrogens is 198 g/mol. The van der Waals surface area contributed by atoms with E-state index in [2.05, 4.69) is 0 Å². The van der Waals surface area contributed by atoms with Gasteiger partial charge in [-0.15, -0.1) is 0 Å². The lowest BCUT2D eigenvalue weighted by atomic mass is 9.96. The molecule has 0 spiro atoms. The van der Waals surface area contributed by atoms with Gasteiger partial charge in [0.1, 0.15) is 6.10 Å². The molecule has 0 saturated heterocycles. The summed E-state index contributed by atoms with van der Waals surface area (Å²) >= 11 is 0. The first-order valence-electron chi connectivity index (χ1n) is 5.28. The Morgan fingerprint density at radius 3 is 2.31 bits per heavy atom. The largest absolute Gasteiger partial charge is 0.398 e. The number of aliphatic hydroxyl groups excluding tert-OH is 1. The van der Waals surface area contributed by atoms with Gasteiger partial charge in [-0.05, 0) is 24.1 Å². The van der Waals surface area contributed by atoms with Crippen LogP contribution in [0.1, 0.15) is 22.8 Å². The second-order valence-electron chi connectivity index (χ2n) is 3.89. The fraction of sp³-hybridized carbons (Fsp3) is 0.143. The fourth-order valence-electron chi connectivity index (χ4n) is 1.88. The molecule has 2 aromatic rings. The molecule has 0 aliphatic carbocycles. The van der Waals surface area contributed by atoms with Crippen molar-refractivity contribution < 1.29 is 5.11 Å². The minimum Gasteiger partial charge on any atom is -0.398 e. The number of anilines is 1. The average molecular weight is 213 g/mol. The number of nitrogen functional groups attached to an aromatic ring is 1. The molecule has 0 amide bonds. The molecule has 0 aromatic heterocycles. The molecule has 16 heavy (non-hydrogen) atoms. The third-order valence-electron chi connectivity index (χ3n) is 2.75. The minimum atomic E-state index is -0.651. The maximum atomic E-state index is 10.3. The zero-order valence-electron chi connectivity index (χ0n) is 9.22. The van der Waals surface area contributed by atoms with Gasteiger partial charge >= 0.3 is 0 Å². The summed E-state index contributed by atoms with van der Waals surface area (Å²) < 4.78 is 0. The van der Waals surface area contributed by atoms with Crippen LogP contribution in [0.25, 0.3) is 0 Å². The first-order chi connectivity index (χ1) is 7.70. The zero-order valence-corrected chi connectivity index (χ0v) is 9.22. The lowest BCUT2D eigenvalue weighted by Crippen LogP contribution is -2.05. The van der Waals surface area contributed by atoms with Crippen molar-refractivity contribution in [2.24, 2.45) is 0 Å². The van der Waals surface area contributed by atoms with E-state index in [1.54, 1.807) is 0 Å². The van der Waals surface area contributed by atoms with Gasteiger partial charge in [0.25, 0.3) is 0 Å². The molecule has 2 rings (SSSR count). The monoisotopic (exact) mass is 213 g/mol. The molecule has 2 heteroatoms. The normalized spacial score (nSPS) is 12.4. The number of rotatable bonds is 2. The zero-order chi connectivity index (χ0) is 11.5. The number of aryl methyl sites for hydroxylation is 1. The van der Waals surface area contributed by atoms with Crippen molar-refractivity contribution in [1.82, 2.24) is 0 Å². The van der Waals surface area contributed by atoms with Crippen molar-refractivity contribution in [2.75, 3.05) is 5.73 Å². The van der Waals surface area contributed by atoms with Crippen LogP contribution in [-0.2, 0) is 0 Å². The molecule has 2 nitrogen and oxygen atoms in total. The van der Waals surface area contributed by atoms with E-state index < -0.39 is 6.10 Å². The van der Waals surface area contributed by atoms with E-state index in [0.717, 1.165) is 16.7 Å². The van der Waals surface area contributed by atoms with Crippen LogP contribution < -0.4 is 5.73 Å². The minimum absolute atomic E-state index is 0.636. The average Bonchev–Trinajstić information content (AvgIpc) is 2.30. The van der Waals surface area contributed by atoms with Gasteiger partial charge in [0.2, 0.25) is 0 Å². The van der Waals surface area contributed by atoms with Gasteiger partial charge < -0.3 is 10.8 Å². The Kier molecular flexibility index (Phi) is 2.93. The van der Waals surface area contributed by atoms with Crippen LogP contribution in [-0.4, -0.2) is 5.11 Å². The molecule has 0 aliphatic rings. The van der Waals surface area contributed by atoms with Crippen LogP contribution in [0.15, 0.2) is 48.5 Å². The summed E-state index contributed by atoms with van der Waals surface area (Å²) in [5.41, 5.74) is 9.21. The van der Waals surface area contributed by atoms with E-state index in [1.165, 1.54) is 0 Å². The van der Waals surface area contributed by atoms with E-state index in [4.69, 9.17) is 5.73 Å². The highest BCUT2D eigenvalue weighted by atomic mass is 16.3. The standard InChI is InChI=1S/C14H15NO/c1-10-6-5-9-12(15)13(10)14(16)11-7-3-2-4-8-11/h2-9,14,16H,15H2,1H3. The van der Waals surface area contributed by atoms with Gasteiger partial charge in [0.05, 0.1) is 0 Å². The molecule has 1 atom stereocenters. The second-order valence-corrected chi connectivity index (χ2v) is 3.89. The first-order valence-corrected chi connectivity index (χ1v) is 5.28. The summed E-state index contributed by atoms with van der Waals surface area (Å²) in [6, 6.07) is 15.2.